The van der Waals surface area contributed by atoms with Crippen molar-refractivity contribution in [2.45, 2.75) is 31.5 Å². The molecule has 0 saturated heterocycles. The fourth-order valence-electron chi connectivity index (χ4n) is 2.72. The summed E-state index contributed by atoms with van der Waals surface area (Å²) >= 11 is 7.22. The Balaban J connectivity index is 1.62. The van der Waals surface area contributed by atoms with Crippen molar-refractivity contribution in [3.05, 3.63) is 70.5 Å². The van der Waals surface area contributed by atoms with E-state index < -0.39 is 0 Å². The molecule has 0 aliphatic rings. The van der Waals surface area contributed by atoms with E-state index in [2.05, 4.69) is 29.3 Å². The summed E-state index contributed by atoms with van der Waals surface area (Å²) in [4.78, 5) is 12.3. The van der Waals surface area contributed by atoms with Gasteiger partial charge in [-0.25, -0.2) is 0 Å². The number of halogens is 1. The molecule has 3 aromatic rings. The molecular weight excluding hydrogens is 394 g/mol. The summed E-state index contributed by atoms with van der Waals surface area (Å²) in [5.41, 5.74) is 1.90. The summed E-state index contributed by atoms with van der Waals surface area (Å²) in [6, 6.07) is 14.9. The van der Waals surface area contributed by atoms with Crippen LogP contribution in [0.3, 0.4) is 0 Å². The van der Waals surface area contributed by atoms with Gasteiger partial charge in [-0.15, -0.1) is 10.2 Å². The van der Waals surface area contributed by atoms with Crippen LogP contribution in [0.15, 0.2) is 53.7 Å². The molecule has 1 atom stereocenters. The Labute approximate surface area is 174 Å². The number of rotatable bonds is 8. The highest BCUT2D eigenvalue weighted by molar-refractivity contribution is 7.99. The van der Waals surface area contributed by atoms with Crippen LogP contribution >= 0.6 is 23.4 Å². The van der Waals surface area contributed by atoms with Gasteiger partial charge < -0.3 is 9.30 Å². The van der Waals surface area contributed by atoms with Gasteiger partial charge in [0.25, 0.3) is 0 Å². The van der Waals surface area contributed by atoms with Gasteiger partial charge in [-0.1, -0.05) is 42.4 Å². The smallest absolute Gasteiger partial charge is 0.191 e. The molecule has 0 aliphatic heterocycles. The molecule has 146 valence electrons. The molecule has 5 nitrogen and oxygen atoms in total. The summed E-state index contributed by atoms with van der Waals surface area (Å²) in [6.45, 7) is 4.06. The molecule has 0 unspecified atom stereocenters. The highest BCUT2D eigenvalue weighted by Crippen LogP contribution is 2.24. The first-order chi connectivity index (χ1) is 13.5. The number of benzene rings is 2. The van der Waals surface area contributed by atoms with Crippen molar-refractivity contribution < 1.29 is 9.53 Å². The Bertz CT molecular complexity index is 939. The number of carbonyl (C=O) groups is 1. The summed E-state index contributed by atoms with van der Waals surface area (Å²) in [5, 5.41) is 9.74. The second kappa shape index (κ2) is 9.26. The molecule has 0 aliphatic carbocycles. The Morgan fingerprint density at radius 1 is 1.14 bits per heavy atom. The molecular formula is C21H22ClN3O2S. The van der Waals surface area contributed by atoms with Crippen LogP contribution in [0.2, 0.25) is 5.02 Å². The van der Waals surface area contributed by atoms with Crippen molar-refractivity contribution in [2.24, 2.45) is 7.05 Å². The zero-order valence-electron chi connectivity index (χ0n) is 16.1. The molecule has 28 heavy (non-hydrogen) atoms. The lowest BCUT2D eigenvalue weighted by Crippen LogP contribution is -2.10. The quantitative estimate of drug-likeness (QED) is 0.376. The fourth-order valence-corrected chi connectivity index (χ4v) is 3.65. The van der Waals surface area contributed by atoms with Crippen LogP contribution in [-0.4, -0.2) is 26.3 Å². The van der Waals surface area contributed by atoms with Crippen LogP contribution in [0.4, 0.5) is 0 Å². The molecule has 0 saturated carbocycles. The van der Waals surface area contributed by atoms with Crippen LogP contribution in [0.5, 0.6) is 5.75 Å². The van der Waals surface area contributed by atoms with Gasteiger partial charge >= 0.3 is 0 Å². The number of carbonyl (C=O) groups excluding carboxylic acids is 1. The van der Waals surface area contributed by atoms with Crippen LogP contribution in [0, 0.1) is 0 Å². The Kier molecular flexibility index (Phi) is 6.75. The van der Waals surface area contributed by atoms with Crippen LogP contribution in [-0.2, 0) is 13.5 Å². The molecule has 7 heteroatoms. The third-order valence-electron chi connectivity index (χ3n) is 4.38. The predicted molar refractivity (Wildman–Crippen MR) is 112 cm³/mol. The fraction of sp³-hybridized carbons (Fsp3) is 0.286. The van der Waals surface area contributed by atoms with E-state index in [1.807, 2.05) is 30.7 Å². The summed E-state index contributed by atoms with van der Waals surface area (Å²) in [7, 11) is 1.88. The van der Waals surface area contributed by atoms with E-state index in [1.165, 1.54) is 17.3 Å². The number of aromatic nitrogens is 3. The standard InChI is InChI=1S/C21H22ClN3O2S/c1-4-15-5-11-18(12-6-15)27-14(2)20-23-24-21(25(20)3)28-13-19(26)16-7-9-17(22)10-8-16/h5-12,14H,4,13H2,1-3H3/t14-/m1/s1. The molecule has 1 heterocycles. The molecule has 0 amide bonds. The highest BCUT2D eigenvalue weighted by atomic mass is 35.5. The van der Waals surface area contributed by atoms with E-state index in [4.69, 9.17) is 16.3 Å². The first-order valence-corrected chi connectivity index (χ1v) is 10.4. The molecule has 1 aromatic heterocycles. The van der Waals surface area contributed by atoms with Crippen molar-refractivity contribution >= 4 is 29.1 Å². The Hall–Kier alpha value is -2.31. The molecule has 0 bridgehead atoms. The number of nitrogens with zero attached hydrogens (tertiary/aromatic N) is 3. The Morgan fingerprint density at radius 3 is 2.46 bits per heavy atom. The molecule has 0 fully saturated rings. The van der Waals surface area contributed by atoms with Crippen molar-refractivity contribution in [3.63, 3.8) is 0 Å². The number of Topliss-reactive ketones (excluding diaryl/α,β-unsaturated/α-hetero) is 1. The first kappa shape index (κ1) is 20.4. The minimum Gasteiger partial charge on any atom is -0.483 e. The first-order valence-electron chi connectivity index (χ1n) is 9.04. The van der Waals surface area contributed by atoms with E-state index in [1.54, 1.807) is 24.3 Å². The second-order valence-corrected chi connectivity index (χ2v) is 7.76. The van der Waals surface area contributed by atoms with Crippen molar-refractivity contribution in [2.75, 3.05) is 5.75 Å². The number of hydrogen-bond acceptors (Lipinski definition) is 5. The number of ether oxygens (including phenoxy) is 1. The van der Waals surface area contributed by atoms with Gasteiger partial charge in [0.05, 0.1) is 5.75 Å². The third kappa shape index (κ3) is 4.94. The lowest BCUT2D eigenvalue weighted by molar-refractivity contribution is 0.102. The molecule has 0 spiro atoms. The van der Waals surface area contributed by atoms with E-state index in [0.29, 0.717) is 21.6 Å². The van der Waals surface area contributed by atoms with Gasteiger partial charge in [-0.3, -0.25) is 4.79 Å². The van der Waals surface area contributed by atoms with Crippen LogP contribution in [0.1, 0.15) is 41.7 Å². The van der Waals surface area contributed by atoms with E-state index in [-0.39, 0.29) is 17.6 Å². The predicted octanol–water partition coefficient (Wildman–Crippen LogP) is 5.15. The van der Waals surface area contributed by atoms with Crippen molar-refractivity contribution in [1.82, 2.24) is 14.8 Å². The number of thioether (sulfide) groups is 1. The maximum Gasteiger partial charge on any atom is 0.191 e. The van der Waals surface area contributed by atoms with Gasteiger partial charge in [0, 0.05) is 17.6 Å². The maximum atomic E-state index is 12.3. The third-order valence-corrected chi connectivity index (χ3v) is 5.65. The van der Waals surface area contributed by atoms with Gasteiger partial charge in [0.1, 0.15) is 5.75 Å². The summed E-state index contributed by atoms with van der Waals surface area (Å²) in [5.74, 6) is 1.80. The second-order valence-electron chi connectivity index (χ2n) is 6.38. The zero-order valence-corrected chi connectivity index (χ0v) is 17.6. The minimum absolute atomic E-state index is 0.0199. The number of aryl methyl sites for hydroxylation is 1. The van der Waals surface area contributed by atoms with Crippen LogP contribution in [0.25, 0.3) is 0 Å². The number of hydrogen-bond donors (Lipinski definition) is 0. The van der Waals surface area contributed by atoms with E-state index in [0.717, 1.165) is 12.2 Å². The number of ketones is 1. The molecule has 3 rings (SSSR count). The topological polar surface area (TPSA) is 57.0 Å². The average molecular weight is 416 g/mol. The molecule has 2 aromatic carbocycles. The largest absolute Gasteiger partial charge is 0.483 e. The molecule has 0 radical (unpaired) electrons. The van der Waals surface area contributed by atoms with Gasteiger partial charge in [0.2, 0.25) is 0 Å². The normalized spacial score (nSPS) is 12.0. The van der Waals surface area contributed by atoms with Crippen LogP contribution < -0.4 is 4.74 Å². The van der Waals surface area contributed by atoms with E-state index >= 15 is 0 Å². The van der Waals surface area contributed by atoms with Gasteiger partial charge in [-0.05, 0) is 55.3 Å². The van der Waals surface area contributed by atoms with Gasteiger partial charge in [0.15, 0.2) is 22.9 Å². The highest BCUT2D eigenvalue weighted by Gasteiger charge is 2.18. The van der Waals surface area contributed by atoms with Gasteiger partial charge in [-0.2, -0.15) is 0 Å². The monoisotopic (exact) mass is 415 g/mol. The van der Waals surface area contributed by atoms with E-state index in [9.17, 15) is 4.79 Å². The van der Waals surface area contributed by atoms with Crippen molar-refractivity contribution in [1.29, 1.82) is 0 Å². The molecule has 0 N–H and O–H groups in total. The zero-order chi connectivity index (χ0) is 20.1. The van der Waals surface area contributed by atoms with Crippen molar-refractivity contribution in [3.8, 4) is 5.75 Å². The summed E-state index contributed by atoms with van der Waals surface area (Å²) < 4.78 is 7.85. The Morgan fingerprint density at radius 2 is 1.82 bits per heavy atom. The minimum atomic E-state index is -0.258. The SMILES string of the molecule is CCc1ccc(O[C@H](C)c2nnc(SCC(=O)c3ccc(Cl)cc3)n2C)cc1. The average Bonchev–Trinajstić information content (AvgIpc) is 3.08. The lowest BCUT2D eigenvalue weighted by atomic mass is 10.1. The lowest BCUT2D eigenvalue weighted by Gasteiger charge is -2.14. The maximum absolute atomic E-state index is 12.3. The summed E-state index contributed by atoms with van der Waals surface area (Å²) in [6.07, 6.45) is 0.736.